The lowest BCUT2D eigenvalue weighted by atomic mass is 10.1. The molecule has 1 saturated heterocycles. The van der Waals surface area contributed by atoms with E-state index in [1.54, 1.807) is 12.1 Å². The van der Waals surface area contributed by atoms with Crippen LogP contribution in [-0.4, -0.2) is 28.3 Å². The quantitative estimate of drug-likeness (QED) is 0.745. The van der Waals surface area contributed by atoms with Crippen LogP contribution >= 0.6 is 0 Å². The van der Waals surface area contributed by atoms with Crippen molar-refractivity contribution in [2.75, 3.05) is 11.4 Å². The van der Waals surface area contributed by atoms with Gasteiger partial charge in [0.1, 0.15) is 11.6 Å². The number of nitrogens with one attached hydrogen (secondary N) is 2. The van der Waals surface area contributed by atoms with Crippen LogP contribution in [0.25, 0.3) is 11.0 Å². The number of anilines is 1. The Morgan fingerprint density at radius 2 is 2.19 bits per heavy atom. The minimum Gasteiger partial charge on any atom is -0.352 e. The number of carbonyl (C=O) groups excluding carboxylic acids is 2. The van der Waals surface area contributed by atoms with Gasteiger partial charge in [-0.1, -0.05) is 12.1 Å². The molecular formula is C20H19FN4O2. The number of aromatic amines is 1. The van der Waals surface area contributed by atoms with Gasteiger partial charge in [0, 0.05) is 25.2 Å². The van der Waals surface area contributed by atoms with Crippen molar-refractivity contribution in [3.63, 3.8) is 0 Å². The maximum atomic E-state index is 13.4. The predicted molar refractivity (Wildman–Crippen MR) is 99.5 cm³/mol. The second-order valence-corrected chi connectivity index (χ2v) is 6.78. The largest absolute Gasteiger partial charge is 0.352 e. The third-order valence-corrected chi connectivity index (χ3v) is 4.75. The molecule has 0 radical (unpaired) electrons. The van der Waals surface area contributed by atoms with E-state index < -0.39 is 11.7 Å². The molecule has 2 heterocycles. The third-order valence-electron chi connectivity index (χ3n) is 4.75. The van der Waals surface area contributed by atoms with Gasteiger partial charge < -0.3 is 15.2 Å². The first kappa shape index (κ1) is 17.2. The molecule has 4 rings (SSSR count). The number of fused-ring (bicyclic) bond motifs is 1. The van der Waals surface area contributed by atoms with Crippen LogP contribution in [0.1, 0.15) is 17.8 Å². The number of halogens is 1. The van der Waals surface area contributed by atoms with Crippen LogP contribution in [0.4, 0.5) is 10.1 Å². The van der Waals surface area contributed by atoms with Crippen molar-refractivity contribution >= 4 is 28.5 Å². The number of amides is 2. The topological polar surface area (TPSA) is 78.1 Å². The zero-order chi connectivity index (χ0) is 19.0. The summed E-state index contributed by atoms with van der Waals surface area (Å²) in [5.74, 6) is -0.358. The molecule has 2 aromatic carbocycles. The van der Waals surface area contributed by atoms with Crippen molar-refractivity contribution in [3.8, 4) is 0 Å². The lowest BCUT2D eigenvalue weighted by Crippen LogP contribution is -2.32. The highest BCUT2D eigenvalue weighted by Gasteiger charge is 2.35. The Balaban J connectivity index is 1.40. The second-order valence-electron chi connectivity index (χ2n) is 6.78. The molecule has 0 aliphatic carbocycles. The number of rotatable bonds is 4. The summed E-state index contributed by atoms with van der Waals surface area (Å²) < 4.78 is 13.4. The average molecular weight is 366 g/mol. The summed E-state index contributed by atoms with van der Waals surface area (Å²) in [7, 11) is 0. The molecule has 0 saturated carbocycles. The number of aryl methyl sites for hydroxylation is 1. The lowest BCUT2D eigenvalue weighted by Gasteiger charge is -2.16. The Morgan fingerprint density at radius 3 is 3.00 bits per heavy atom. The summed E-state index contributed by atoms with van der Waals surface area (Å²) >= 11 is 0. The molecule has 1 atom stereocenters. The van der Waals surface area contributed by atoms with Crippen LogP contribution < -0.4 is 10.2 Å². The number of hydrogen-bond acceptors (Lipinski definition) is 3. The van der Waals surface area contributed by atoms with E-state index in [2.05, 4.69) is 15.3 Å². The maximum absolute atomic E-state index is 13.4. The summed E-state index contributed by atoms with van der Waals surface area (Å²) in [6, 6.07) is 11.6. The van der Waals surface area contributed by atoms with Gasteiger partial charge in [-0.2, -0.15) is 0 Å². The van der Waals surface area contributed by atoms with Gasteiger partial charge in [-0.3, -0.25) is 9.59 Å². The van der Waals surface area contributed by atoms with E-state index in [0.717, 1.165) is 22.4 Å². The first-order chi connectivity index (χ1) is 13.0. The third kappa shape index (κ3) is 3.53. The van der Waals surface area contributed by atoms with Gasteiger partial charge in [-0.25, -0.2) is 9.37 Å². The van der Waals surface area contributed by atoms with E-state index in [1.165, 1.54) is 17.0 Å². The zero-order valence-electron chi connectivity index (χ0n) is 14.8. The molecule has 0 spiro atoms. The van der Waals surface area contributed by atoms with Crippen molar-refractivity contribution < 1.29 is 14.0 Å². The molecule has 27 heavy (non-hydrogen) atoms. The number of H-pyrrole nitrogens is 1. The molecule has 2 N–H and O–H groups in total. The normalized spacial score (nSPS) is 16.9. The monoisotopic (exact) mass is 366 g/mol. The molecule has 138 valence electrons. The molecule has 6 nitrogen and oxygen atoms in total. The van der Waals surface area contributed by atoms with E-state index in [1.807, 2.05) is 25.1 Å². The number of aromatic nitrogens is 2. The van der Waals surface area contributed by atoms with Crippen molar-refractivity contribution in [3.05, 3.63) is 59.7 Å². The number of hydrogen-bond donors (Lipinski definition) is 2. The van der Waals surface area contributed by atoms with Crippen molar-refractivity contribution in [1.29, 1.82) is 0 Å². The van der Waals surface area contributed by atoms with Gasteiger partial charge in [-0.05, 0) is 42.8 Å². The highest BCUT2D eigenvalue weighted by Crippen LogP contribution is 2.25. The number of carbonyl (C=O) groups is 2. The molecular weight excluding hydrogens is 347 g/mol. The average Bonchev–Trinajstić information content (AvgIpc) is 3.21. The van der Waals surface area contributed by atoms with Crippen LogP contribution in [0.15, 0.2) is 42.5 Å². The van der Waals surface area contributed by atoms with Gasteiger partial charge in [-0.15, -0.1) is 0 Å². The highest BCUT2D eigenvalue weighted by molar-refractivity contribution is 6.00. The van der Waals surface area contributed by atoms with E-state index >= 15 is 0 Å². The fourth-order valence-corrected chi connectivity index (χ4v) is 3.40. The maximum Gasteiger partial charge on any atom is 0.227 e. The van der Waals surface area contributed by atoms with Crippen LogP contribution in [0, 0.1) is 18.7 Å². The molecule has 7 heteroatoms. The minimum atomic E-state index is -0.445. The Kier molecular flexibility index (Phi) is 4.35. The zero-order valence-corrected chi connectivity index (χ0v) is 14.8. The Bertz CT molecular complexity index is 1030. The Hall–Kier alpha value is -3.22. The molecule has 2 amide bonds. The van der Waals surface area contributed by atoms with E-state index in [9.17, 15) is 14.0 Å². The first-order valence-electron chi connectivity index (χ1n) is 8.78. The standard InChI is InChI=1S/C20H19FN4O2/c1-12-23-17-6-5-13(7-18(17)24-12)10-22-20(27)14-8-19(26)25(11-14)16-4-2-3-15(21)9-16/h2-7,9,14H,8,10-11H2,1H3,(H,22,27)(H,23,24). The van der Waals surface area contributed by atoms with Crippen molar-refractivity contribution in [2.24, 2.45) is 5.92 Å². The van der Waals surface area contributed by atoms with E-state index in [0.29, 0.717) is 12.2 Å². The summed E-state index contributed by atoms with van der Waals surface area (Å²) in [5.41, 5.74) is 3.24. The smallest absolute Gasteiger partial charge is 0.227 e. The predicted octanol–water partition coefficient (Wildman–Crippen LogP) is 2.68. The minimum absolute atomic E-state index is 0.126. The molecule has 1 aliphatic rings. The lowest BCUT2D eigenvalue weighted by molar-refractivity contribution is -0.126. The fourth-order valence-electron chi connectivity index (χ4n) is 3.40. The summed E-state index contributed by atoms with van der Waals surface area (Å²) in [5, 5.41) is 2.89. The summed E-state index contributed by atoms with van der Waals surface area (Å²) in [4.78, 5) is 33.7. The summed E-state index contributed by atoms with van der Waals surface area (Å²) in [6.07, 6.45) is 0.126. The van der Waals surface area contributed by atoms with Crippen LogP contribution in [0.3, 0.4) is 0 Å². The number of benzene rings is 2. The van der Waals surface area contributed by atoms with Crippen LogP contribution in [-0.2, 0) is 16.1 Å². The molecule has 0 bridgehead atoms. The van der Waals surface area contributed by atoms with Crippen molar-refractivity contribution in [2.45, 2.75) is 19.9 Å². The van der Waals surface area contributed by atoms with Gasteiger partial charge in [0.25, 0.3) is 0 Å². The number of nitrogens with zero attached hydrogens (tertiary/aromatic N) is 2. The SMILES string of the molecule is Cc1nc2ccc(CNC(=O)C3CC(=O)N(c4cccc(F)c4)C3)cc2[nH]1. The molecule has 1 aromatic heterocycles. The Labute approximate surface area is 155 Å². The van der Waals surface area contributed by atoms with Gasteiger partial charge >= 0.3 is 0 Å². The second kappa shape index (κ2) is 6.83. The molecule has 1 aliphatic heterocycles. The number of imidazole rings is 1. The Morgan fingerprint density at radius 1 is 1.33 bits per heavy atom. The molecule has 1 unspecified atom stereocenters. The van der Waals surface area contributed by atoms with Gasteiger partial charge in [0.05, 0.1) is 17.0 Å². The van der Waals surface area contributed by atoms with Crippen LogP contribution in [0.2, 0.25) is 0 Å². The fraction of sp³-hybridized carbons (Fsp3) is 0.250. The van der Waals surface area contributed by atoms with E-state index in [-0.39, 0.29) is 24.8 Å². The first-order valence-corrected chi connectivity index (χ1v) is 8.78. The van der Waals surface area contributed by atoms with Crippen molar-refractivity contribution in [1.82, 2.24) is 15.3 Å². The van der Waals surface area contributed by atoms with Gasteiger partial charge in [0.15, 0.2) is 0 Å². The van der Waals surface area contributed by atoms with Gasteiger partial charge in [0.2, 0.25) is 11.8 Å². The van der Waals surface area contributed by atoms with Crippen LogP contribution in [0.5, 0.6) is 0 Å². The highest BCUT2D eigenvalue weighted by atomic mass is 19.1. The van der Waals surface area contributed by atoms with E-state index in [4.69, 9.17) is 0 Å². The molecule has 1 fully saturated rings. The molecule has 3 aromatic rings. The summed E-state index contributed by atoms with van der Waals surface area (Å²) in [6.45, 7) is 2.52.